The molecule has 2 heterocycles. The van der Waals surface area contributed by atoms with Gasteiger partial charge in [-0.05, 0) is 38.1 Å². The summed E-state index contributed by atoms with van der Waals surface area (Å²) in [7, 11) is 0. The van der Waals surface area contributed by atoms with Gasteiger partial charge in [-0.1, -0.05) is 18.2 Å². The van der Waals surface area contributed by atoms with Crippen molar-refractivity contribution in [2.45, 2.75) is 18.9 Å². The number of fused-ring (bicyclic) bond motifs is 1. The number of aromatic nitrogens is 1. The summed E-state index contributed by atoms with van der Waals surface area (Å²) in [6.07, 6.45) is 3.64. The summed E-state index contributed by atoms with van der Waals surface area (Å²) in [5.41, 5.74) is 1.55. The number of para-hydroxylation sites is 1. The van der Waals surface area contributed by atoms with Gasteiger partial charge in [-0.15, -0.1) is 0 Å². The van der Waals surface area contributed by atoms with Crippen molar-refractivity contribution >= 4 is 16.8 Å². The van der Waals surface area contributed by atoms with Gasteiger partial charge in [-0.2, -0.15) is 0 Å². The van der Waals surface area contributed by atoms with Gasteiger partial charge in [0, 0.05) is 17.6 Å². The second-order valence-corrected chi connectivity index (χ2v) is 4.91. The Labute approximate surface area is 112 Å². The van der Waals surface area contributed by atoms with Gasteiger partial charge in [0.2, 0.25) is 0 Å². The standard InChI is InChI=1S/C15H17N3O/c19-15(18-13-5-7-16-8-6-13)12-9-11-3-1-2-4-14(11)17-10-12/h1-4,9-10,13,16H,5-8H2,(H,18,19). The number of nitrogens with one attached hydrogen (secondary N) is 2. The molecule has 1 fully saturated rings. The third kappa shape index (κ3) is 2.74. The van der Waals surface area contributed by atoms with E-state index in [4.69, 9.17) is 0 Å². The number of piperidine rings is 1. The highest BCUT2D eigenvalue weighted by Gasteiger charge is 2.16. The molecule has 0 aliphatic carbocycles. The van der Waals surface area contributed by atoms with Crippen molar-refractivity contribution in [1.29, 1.82) is 0 Å². The van der Waals surface area contributed by atoms with Gasteiger partial charge >= 0.3 is 0 Å². The number of carbonyl (C=O) groups is 1. The van der Waals surface area contributed by atoms with Crippen LogP contribution in [0, 0.1) is 0 Å². The normalized spacial score (nSPS) is 16.4. The Morgan fingerprint density at radius 3 is 2.89 bits per heavy atom. The van der Waals surface area contributed by atoms with Crippen LogP contribution in [0.5, 0.6) is 0 Å². The molecule has 2 aromatic rings. The lowest BCUT2D eigenvalue weighted by atomic mass is 10.1. The van der Waals surface area contributed by atoms with E-state index in [9.17, 15) is 4.79 Å². The number of amides is 1. The molecule has 1 aliphatic rings. The molecule has 4 nitrogen and oxygen atoms in total. The quantitative estimate of drug-likeness (QED) is 0.859. The van der Waals surface area contributed by atoms with Gasteiger partial charge in [0.05, 0.1) is 11.1 Å². The van der Waals surface area contributed by atoms with Crippen molar-refractivity contribution < 1.29 is 4.79 Å². The number of nitrogens with zero attached hydrogens (tertiary/aromatic N) is 1. The zero-order valence-corrected chi connectivity index (χ0v) is 10.7. The average Bonchev–Trinajstić information content (AvgIpc) is 2.48. The maximum Gasteiger partial charge on any atom is 0.253 e. The topological polar surface area (TPSA) is 54.0 Å². The van der Waals surface area contributed by atoms with Crippen LogP contribution in [0.2, 0.25) is 0 Å². The summed E-state index contributed by atoms with van der Waals surface area (Å²) in [4.78, 5) is 16.5. The molecule has 0 spiro atoms. The van der Waals surface area contributed by atoms with Crippen LogP contribution < -0.4 is 10.6 Å². The molecule has 0 unspecified atom stereocenters. The second kappa shape index (κ2) is 5.36. The fraction of sp³-hybridized carbons (Fsp3) is 0.333. The maximum atomic E-state index is 12.2. The number of rotatable bonds is 2. The van der Waals surface area contributed by atoms with Gasteiger partial charge in [-0.3, -0.25) is 9.78 Å². The third-order valence-electron chi connectivity index (χ3n) is 3.53. The number of pyridine rings is 1. The molecule has 1 saturated heterocycles. The molecular weight excluding hydrogens is 238 g/mol. The zero-order chi connectivity index (χ0) is 13.1. The van der Waals surface area contributed by atoms with E-state index in [1.54, 1.807) is 6.20 Å². The molecule has 1 amide bonds. The summed E-state index contributed by atoms with van der Waals surface area (Å²) < 4.78 is 0. The number of carbonyl (C=O) groups excluding carboxylic acids is 1. The van der Waals surface area contributed by atoms with Crippen LogP contribution in [0.1, 0.15) is 23.2 Å². The fourth-order valence-electron chi connectivity index (χ4n) is 2.43. The molecule has 1 aliphatic heterocycles. The SMILES string of the molecule is O=C(NC1CCNCC1)c1cnc2ccccc2c1. The largest absolute Gasteiger partial charge is 0.349 e. The Morgan fingerprint density at radius 1 is 1.26 bits per heavy atom. The van der Waals surface area contributed by atoms with E-state index in [1.807, 2.05) is 30.3 Å². The molecule has 0 atom stereocenters. The highest BCUT2D eigenvalue weighted by Crippen LogP contribution is 2.13. The van der Waals surface area contributed by atoms with Gasteiger partial charge in [0.25, 0.3) is 5.91 Å². The monoisotopic (exact) mass is 255 g/mol. The number of hydrogen-bond acceptors (Lipinski definition) is 3. The van der Waals surface area contributed by atoms with Crippen molar-refractivity contribution in [2.75, 3.05) is 13.1 Å². The molecule has 1 aromatic carbocycles. The second-order valence-electron chi connectivity index (χ2n) is 4.91. The van der Waals surface area contributed by atoms with E-state index >= 15 is 0 Å². The van der Waals surface area contributed by atoms with Gasteiger partial charge in [-0.25, -0.2) is 0 Å². The Hall–Kier alpha value is -1.94. The van der Waals surface area contributed by atoms with E-state index < -0.39 is 0 Å². The van der Waals surface area contributed by atoms with Gasteiger partial charge in [0.15, 0.2) is 0 Å². The summed E-state index contributed by atoms with van der Waals surface area (Å²) in [5.74, 6) is -0.0230. The molecule has 0 radical (unpaired) electrons. The van der Waals surface area contributed by atoms with Crippen molar-refractivity contribution in [3.05, 3.63) is 42.1 Å². The van der Waals surface area contributed by atoms with E-state index in [1.165, 1.54) is 0 Å². The minimum atomic E-state index is -0.0230. The van der Waals surface area contributed by atoms with E-state index in [0.717, 1.165) is 36.8 Å². The Bertz CT molecular complexity index is 591. The lowest BCUT2D eigenvalue weighted by molar-refractivity contribution is 0.0929. The van der Waals surface area contributed by atoms with Crippen molar-refractivity contribution in [1.82, 2.24) is 15.6 Å². The average molecular weight is 255 g/mol. The number of hydrogen-bond donors (Lipinski definition) is 2. The molecular formula is C15H17N3O. The summed E-state index contributed by atoms with van der Waals surface area (Å²) in [5, 5.41) is 7.37. The number of benzene rings is 1. The van der Waals surface area contributed by atoms with E-state index in [-0.39, 0.29) is 11.9 Å². The van der Waals surface area contributed by atoms with E-state index in [0.29, 0.717) is 5.56 Å². The first kappa shape index (κ1) is 12.1. The summed E-state index contributed by atoms with van der Waals surface area (Å²) in [6.45, 7) is 1.95. The van der Waals surface area contributed by atoms with Gasteiger partial charge in [0.1, 0.15) is 0 Å². The highest BCUT2D eigenvalue weighted by atomic mass is 16.1. The summed E-state index contributed by atoms with van der Waals surface area (Å²) >= 11 is 0. The molecule has 4 heteroatoms. The van der Waals surface area contributed by atoms with Crippen molar-refractivity contribution in [3.8, 4) is 0 Å². The van der Waals surface area contributed by atoms with Crippen LogP contribution in [0.15, 0.2) is 36.5 Å². The van der Waals surface area contributed by atoms with Crippen LogP contribution >= 0.6 is 0 Å². The highest BCUT2D eigenvalue weighted by molar-refractivity contribution is 5.97. The molecule has 2 N–H and O–H groups in total. The van der Waals surface area contributed by atoms with Crippen LogP contribution in [0.25, 0.3) is 10.9 Å². The van der Waals surface area contributed by atoms with Crippen LogP contribution in [-0.4, -0.2) is 30.0 Å². The smallest absolute Gasteiger partial charge is 0.253 e. The first-order valence-corrected chi connectivity index (χ1v) is 6.69. The lowest BCUT2D eigenvalue weighted by Gasteiger charge is -2.23. The predicted octanol–water partition coefficient (Wildman–Crippen LogP) is 1.72. The van der Waals surface area contributed by atoms with Crippen molar-refractivity contribution in [3.63, 3.8) is 0 Å². The van der Waals surface area contributed by atoms with Crippen molar-refractivity contribution in [2.24, 2.45) is 0 Å². The first-order chi connectivity index (χ1) is 9.33. The van der Waals surface area contributed by atoms with E-state index in [2.05, 4.69) is 15.6 Å². The Kier molecular flexibility index (Phi) is 3.42. The molecule has 0 bridgehead atoms. The zero-order valence-electron chi connectivity index (χ0n) is 10.7. The Balaban J connectivity index is 1.77. The van der Waals surface area contributed by atoms with Crippen LogP contribution in [-0.2, 0) is 0 Å². The third-order valence-corrected chi connectivity index (χ3v) is 3.53. The molecule has 19 heavy (non-hydrogen) atoms. The molecule has 3 rings (SSSR count). The molecule has 0 saturated carbocycles. The van der Waals surface area contributed by atoms with Gasteiger partial charge < -0.3 is 10.6 Å². The minimum Gasteiger partial charge on any atom is -0.349 e. The molecule has 1 aromatic heterocycles. The Morgan fingerprint density at radius 2 is 2.05 bits per heavy atom. The molecule has 98 valence electrons. The maximum absolute atomic E-state index is 12.2. The fourth-order valence-corrected chi connectivity index (χ4v) is 2.43. The van der Waals surface area contributed by atoms with Crippen LogP contribution in [0.4, 0.5) is 0 Å². The predicted molar refractivity (Wildman–Crippen MR) is 75.1 cm³/mol. The summed E-state index contributed by atoms with van der Waals surface area (Å²) in [6, 6.07) is 10.0. The van der Waals surface area contributed by atoms with Crippen LogP contribution in [0.3, 0.4) is 0 Å². The lowest BCUT2D eigenvalue weighted by Crippen LogP contribution is -2.42. The minimum absolute atomic E-state index is 0.0230. The first-order valence-electron chi connectivity index (χ1n) is 6.69.